The van der Waals surface area contributed by atoms with E-state index in [1.165, 1.54) is 0 Å². The van der Waals surface area contributed by atoms with Crippen LogP contribution in [0.1, 0.15) is 46.0 Å². The molecule has 0 radical (unpaired) electrons. The van der Waals surface area contributed by atoms with Gasteiger partial charge >= 0.3 is 0 Å². The van der Waals surface area contributed by atoms with Gasteiger partial charge in [0.2, 0.25) is 0 Å². The number of piperidine rings is 1. The molecule has 5 nitrogen and oxygen atoms in total. The van der Waals surface area contributed by atoms with Crippen molar-refractivity contribution in [2.45, 2.75) is 26.7 Å². The van der Waals surface area contributed by atoms with Gasteiger partial charge in [-0.05, 0) is 63.0 Å². The van der Waals surface area contributed by atoms with Crippen molar-refractivity contribution in [1.82, 2.24) is 10.2 Å². The van der Waals surface area contributed by atoms with Crippen molar-refractivity contribution < 1.29 is 9.59 Å². The number of likely N-dealkylation sites (tertiary alicyclic amines) is 1. The summed E-state index contributed by atoms with van der Waals surface area (Å²) in [7, 11) is 0. The lowest BCUT2D eigenvalue weighted by Crippen LogP contribution is -2.41. The topological polar surface area (TPSA) is 61.4 Å². The lowest BCUT2D eigenvalue weighted by atomic mass is 9.96. The number of hydrogen-bond donors (Lipinski definition) is 2. The fourth-order valence-electron chi connectivity index (χ4n) is 3.62. The summed E-state index contributed by atoms with van der Waals surface area (Å²) >= 11 is 0. The van der Waals surface area contributed by atoms with E-state index in [-0.39, 0.29) is 24.2 Å². The van der Waals surface area contributed by atoms with Crippen molar-refractivity contribution in [2.24, 2.45) is 5.92 Å². The van der Waals surface area contributed by atoms with Crippen molar-refractivity contribution in [3.05, 3.63) is 65.2 Å². The summed E-state index contributed by atoms with van der Waals surface area (Å²) in [6, 6.07) is 14.7. The molecule has 0 spiro atoms. The van der Waals surface area contributed by atoms with Crippen LogP contribution in [0.15, 0.2) is 48.5 Å². The van der Waals surface area contributed by atoms with Crippen molar-refractivity contribution in [3.8, 4) is 0 Å². The molecule has 2 amide bonds. The molecule has 156 valence electrons. The largest absolute Gasteiger partial charge is 0.339 e. The molecule has 2 aromatic carbocycles. The predicted molar refractivity (Wildman–Crippen MR) is 120 cm³/mol. The Morgan fingerprint density at radius 2 is 1.79 bits per heavy atom. The summed E-state index contributed by atoms with van der Waals surface area (Å²) in [5.74, 6) is 0.413. The van der Waals surface area contributed by atoms with Crippen molar-refractivity contribution in [3.63, 3.8) is 0 Å². The molecule has 1 aliphatic rings. The molecule has 1 fully saturated rings. The number of nitrogens with one attached hydrogen (secondary N) is 2. The van der Waals surface area contributed by atoms with Crippen molar-refractivity contribution in [2.75, 3.05) is 31.5 Å². The SMILES string of the molecule is CCNCC1CCN(C(=O)c2ccccc2NC(=O)c2cccc(C)c2)CC1.Cl. The first-order valence-corrected chi connectivity index (χ1v) is 10.1. The molecule has 0 atom stereocenters. The van der Waals surface area contributed by atoms with Crippen LogP contribution in [0.5, 0.6) is 0 Å². The van der Waals surface area contributed by atoms with Gasteiger partial charge in [-0.1, -0.05) is 36.8 Å². The number of para-hydroxylation sites is 1. The number of anilines is 1. The Balaban J connectivity index is 0.00000300. The van der Waals surface area contributed by atoms with E-state index in [0.717, 1.165) is 44.6 Å². The molecule has 0 bridgehead atoms. The Morgan fingerprint density at radius 1 is 1.07 bits per heavy atom. The molecule has 1 heterocycles. The Bertz CT molecular complexity index is 832. The highest BCUT2D eigenvalue weighted by molar-refractivity contribution is 6.09. The zero-order valence-corrected chi connectivity index (χ0v) is 17.9. The van der Waals surface area contributed by atoms with Gasteiger partial charge in [-0.25, -0.2) is 0 Å². The van der Waals surface area contributed by atoms with Gasteiger partial charge in [0.25, 0.3) is 11.8 Å². The van der Waals surface area contributed by atoms with Crippen LogP contribution in [-0.2, 0) is 0 Å². The van der Waals surface area contributed by atoms with Crippen LogP contribution in [0.2, 0.25) is 0 Å². The van der Waals surface area contributed by atoms with Gasteiger partial charge in [0.1, 0.15) is 0 Å². The highest BCUT2D eigenvalue weighted by Crippen LogP contribution is 2.23. The number of halogens is 1. The maximum atomic E-state index is 13.1. The minimum Gasteiger partial charge on any atom is -0.339 e. The molecule has 3 rings (SSSR count). The molecule has 1 aliphatic heterocycles. The lowest BCUT2D eigenvalue weighted by Gasteiger charge is -2.32. The summed E-state index contributed by atoms with van der Waals surface area (Å²) < 4.78 is 0. The quantitative estimate of drug-likeness (QED) is 0.745. The van der Waals surface area contributed by atoms with Crippen LogP contribution in [0.3, 0.4) is 0 Å². The number of nitrogens with zero attached hydrogens (tertiary/aromatic N) is 1. The van der Waals surface area contributed by atoms with Crippen LogP contribution < -0.4 is 10.6 Å². The van der Waals surface area contributed by atoms with E-state index in [0.29, 0.717) is 22.7 Å². The fourth-order valence-corrected chi connectivity index (χ4v) is 3.62. The molecule has 0 saturated carbocycles. The first-order valence-electron chi connectivity index (χ1n) is 10.1. The van der Waals surface area contributed by atoms with Crippen LogP contribution >= 0.6 is 12.4 Å². The Morgan fingerprint density at radius 3 is 2.48 bits per heavy atom. The van der Waals surface area contributed by atoms with Gasteiger partial charge in [-0.3, -0.25) is 9.59 Å². The van der Waals surface area contributed by atoms with Crippen molar-refractivity contribution in [1.29, 1.82) is 0 Å². The van der Waals surface area contributed by atoms with Gasteiger partial charge in [0.05, 0.1) is 11.3 Å². The van der Waals surface area contributed by atoms with Gasteiger partial charge in [-0.2, -0.15) is 0 Å². The van der Waals surface area contributed by atoms with Crippen LogP contribution in [0.4, 0.5) is 5.69 Å². The van der Waals surface area contributed by atoms with Crippen LogP contribution in [0, 0.1) is 12.8 Å². The minimum atomic E-state index is -0.201. The average molecular weight is 416 g/mol. The van der Waals surface area contributed by atoms with E-state index in [2.05, 4.69) is 17.6 Å². The minimum absolute atomic E-state index is 0. The Hall–Kier alpha value is -2.37. The summed E-state index contributed by atoms with van der Waals surface area (Å²) in [6.07, 6.45) is 2.02. The summed E-state index contributed by atoms with van der Waals surface area (Å²) in [6.45, 7) is 7.58. The first-order chi connectivity index (χ1) is 13.6. The van der Waals surface area contributed by atoms with Crippen molar-refractivity contribution >= 4 is 29.9 Å². The molecule has 29 heavy (non-hydrogen) atoms. The second-order valence-electron chi connectivity index (χ2n) is 7.41. The summed E-state index contributed by atoms with van der Waals surface area (Å²) in [5, 5.41) is 6.31. The number of rotatable bonds is 6. The zero-order chi connectivity index (χ0) is 19.9. The zero-order valence-electron chi connectivity index (χ0n) is 17.1. The van der Waals surface area contributed by atoms with Gasteiger partial charge in [0, 0.05) is 18.7 Å². The van der Waals surface area contributed by atoms with E-state index in [1.807, 2.05) is 42.2 Å². The van der Waals surface area contributed by atoms with E-state index >= 15 is 0 Å². The highest BCUT2D eigenvalue weighted by Gasteiger charge is 2.25. The number of carbonyl (C=O) groups is 2. The normalized spacial score (nSPS) is 14.2. The third-order valence-electron chi connectivity index (χ3n) is 5.27. The summed E-state index contributed by atoms with van der Waals surface area (Å²) in [5.41, 5.74) is 2.73. The molecule has 2 N–H and O–H groups in total. The highest BCUT2D eigenvalue weighted by atomic mass is 35.5. The maximum absolute atomic E-state index is 13.1. The molecule has 1 saturated heterocycles. The molecular formula is C23H30ClN3O2. The number of hydrogen-bond acceptors (Lipinski definition) is 3. The Labute approximate surface area is 179 Å². The summed E-state index contributed by atoms with van der Waals surface area (Å²) in [4.78, 5) is 27.6. The fraction of sp³-hybridized carbons (Fsp3) is 0.391. The number of benzene rings is 2. The predicted octanol–water partition coefficient (Wildman–Crippen LogP) is 4.13. The second-order valence-corrected chi connectivity index (χ2v) is 7.41. The van der Waals surface area contributed by atoms with Gasteiger partial charge in [-0.15, -0.1) is 12.4 Å². The molecule has 0 aliphatic carbocycles. The first kappa shape index (κ1) is 22.9. The van der Waals surface area contributed by atoms with Crippen LogP contribution in [0.25, 0.3) is 0 Å². The molecule has 6 heteroatoms. The Kier molecular flexibility index (Phi) is 8.68. The van der Waals surface area contributed by atoms with Crippen LogP contribution in [-0.4, -0.2) is 42.9 Å². The molecule has 0 unspecified atom stereocenters. The smallest absolute Gasteiger partial charge is 0.255 e. The maximum Gasteiger partial charge on any atom is 0.255 e. The number of amides is 2. The average Bonchev–Trinajstić information content (AvgIpc) is 2.72. The van der Waals surface area contributed by atoms with Gasteiger partial charge < -0.3 is 15.5 Å². The molecule has 2 aromatic rings. The van der Waals surface area contributed by atoms with Gasteiger partial charge in [0.15, 0.2) is 0 Å². The third-order valence-corrected chi connectivity index (χ3v) is 5.27. The lowest BCUT2D eigenvalue weighted by molar-refractivity contribution is 0.0691. The second kappa shape index (κ2) is 11.0. The van der Waals surface area contributed by atoms with E-state index < -0.39 is 0 Å². The van der Waals surface area contributed by atoms with E-state index in [9.17, 15) is 9.59 Å². The molecule has 0 aromatic heterocycles. The molecular weight excluding hydrogens is 386 g/mol. The van der Waals surface area contributed by atoms with E-state index in [1.54, 1.807) is 18.2 Å². The monoisotopic (exact) mass is 415 g/mol. The number of carbonyl (C=O) groups excluding carboxylic acids is 2. The van der Waals surface area contributed by atoms with E-state index in [4.69, 9.17) is 0 Å². The standard InChI is InChI=1S/C23H29N3O2.ClH/c1-3-24-16-18-11-13-26(14-12-18)23(28)20-9-4-5-10-21(20)25-22(27)19-8-6-7-17(2)15-19;/h4-10,15,18,24H,3,11-14,16H2,1-2H3,(H,25,27);1H. The number of aryl methyl sites for hydroxylation is 1. The third kappa shape index (κ3) is 6.05.